The van der Waals surface area contributed by atoms with Crippen LogP contribution in [0.4, 0.5) is 0 Å². The van der Waals surface area contributed by atoms with Crippen LogP contribution in [0.15, 0.2) is 48.5 Å². The summed E-state index contributed by atoms with van der Waals surface area (Å²) in [6, 6.07) is 16.4. The molecule has 1 amide bonds. The summed E-state index contributed by atoms with van der Waals surface area (Å²) in [7, 11) is 5.31. The first kappa shape index (κ1) is 23.1. The summed E-state index contributed by atoms with van der Waals surface area (Å²) in [6.45, 7) is 7.18. The SMILES string of the molecule is COc1ccc(CCN(C)C(C)C(=O)N2CCN(Cc3ccccc3)CC2)cc1OC. The fourth-order valence-corrected chi connectivity index (χ4v) is 3.96. The van der Waals surface area contributed by atoms with E-state index in [9.17, 15) is 4.79 Å². The quantitative estimate of drug-likeness (QED) is 0.618. The van der Waals surface area contributed by atoms with Crippen molar-refractivity contribution in [2.45, 2.75) is 25.9 Å². The lowest BCUT2D eigenvalue weighted by Crippen LogP contribution is -2.53. The Labute approximate surface area is 186 Å². The van der Waals surface area contributed by atoms with Crippen LogP contribution >= 0.6 is 0 Å². The molecular weight excluding hydrogens is 390 g/mol. The van der Waals surface area contributed by atoms with Gasteiger partial charge in [-0.25, -0.2) is 0 Å². The average molecular weight is 426 g/mol. The first-order valence-electron chi connectivity index (χ1n) is 11.0. The normalized spacial score (nSPS) is 15.7. The second-order valence-electron chi connectivity index (χ2n) is 8.18. The van der Waals surface area contributed by atoms with Crippen molar-refractivity contribution < 1.29 is 14.3 Å². The summed E-state index contributed by atoms with van der Waals surface area (Å²) < 4.78 is 10.7. The van der Waals surface area contributed by atoms with Crippen LogP contribution in [0.3, 0.4) is 0 Å². The van der Waals surface area contributed by atoms with Crippen LogP contribution < -0.4 is 9.47 Å². The lowest BCUT2D eigenvalue weighted by Gasteiger charge is -2.37. The number of amides is 1. The van der Waals surface area contributed by atoms with Gasteiger partial charge < -0.3 is 14.4 Å². The van der Waals surface area contributed by atoms with Gasteiger partial charge in [-0.3, -0.25) is 14.6 Å². The molecule has 1 saturated heterocycles. The average Bonchev–Trinajstić information content (AvgIpc) is 2.82. The maximum Gasteiger partial charge on any atom is 0.239 e. The van der Waals surface area contributed by atoms with Gasteiger partial charge in [-0.2, -0.15) is 0 Å². The molecule has 1 atom stereocenters. The third kappa shape index (κ3) is 6.21. The van der Waals surface area contributed by atoms with E-state index in [-0.39, 0.29) is 11.9 Å². The zero-order chi connectivity index (χ0) is 22.2. The fraction of sp³-hybridized carbons (Fsp3) is 0.480. The van der Waals surface area contributed by atoms with Gasteiger partial charge in [-0.05, 0) is 43.7 Å². The molecule has 1 fully saturated rings. The van der Waals surface area contributed by atoms with E-state index in [1.807, 2.05) is 43.1 Å². The summed E-state index contributed by atoms with van der Waals surface area (Å²) in [4.78, 5) is 19.6. The standard InChI is InChI=1S/C25H35N3O3/c1-20(26(2)13-12-21-10-11-23(30-3)24(18-21)31-4)25(29)28-16-14-27(15-17-28)19-22-8-6-5-7-9-22/h5-11,18,20H,12-17,19H2,1-4H3. The minimum atomic E-state index is -0.138. The summed E-state index contributed by atoms with van der Waals surface area (Å²) in [5.41, 5.74) is 2.49. The van der Waals surface area contributed by atoms with Crippen molar-refractivity contribution in [2.24, 2.45) is 0 Å². The van der Waals surface area contributed by atoms with Crippen LogP contribution in [0.2, 0.25) is 0 Å². The highest BCUT2D eigenvalue weighted by Crippen LogP contribution is 2.27. The molecule has 6 nitrogen and oxygen atoms in total. The highest BCUT2D eigenvalue weighted by Gasteiger charge is 2.27. The second kappa shape index (κ2) is 11.2. The van der Waals surface area contributed by atoms with Gasteiger partial charge in [-0.15, -0.1) is 0 Å². The molecule has 1 aliphatic rings. The molecule has 0 radical (unpaired) electrons. The number of hydrogen-bond donors (Lipinski definition) is 0. The zero-order valence-electron chi connectivity index (χ0n) is 19.2. The first-order chi connectivity index (χ1) is 15.0. The zero-order valence-corrected chi connectivity index (χ0v) is 19.2. The maximum atomic E-state index is 13.0. The van der Waals surface area contributed by atoms with Crippen LogP contribution in [0.1, 0.15) is 18.1 Å². The summed E-state index contributed by atoms with van der Waals surface area (Å²) >= 11 is 0. The molecule has 0 aliphatic carbocycles. The van der Waals surface area contributed by atoms with E-state index in [2.05, 4.69) is 34.1 Å². The Hall–Kier alpha value is -2.57. The van der Waals surface area contributed by atoms with Crippen LogP contribution in [-0.4, -0.2) is 80.6 Å². The van der Waals surface area contributed by atoms with Gasteiger partial charge in [0.1, 0.15) is 0 Å². The molecule has 168 valence electrons. The number of carbonyl (C=O) groups is 1. The molecule has 0 aromatic heterocycles. The van der Waals surface area contributed by atoms with Crippen molar-refractivity contribution in [1.82, 2.24) is 14.7 Å². The molecule has 2 aromatic carbocycles. The Morgan fingerprint density at radius 3 is 2.29 bits per heavy atom. The number of nitrogens with zero attached hydrogens (tertiary/aromatic N) is 3. The molecule has 1 aliphatic heterocycles. The number of hydrogen-bond acceptors (Lipinski definition) is 5. The minimum Gasteiger partial charge on any atom is -0.493 e. The maximum absolute atomic E-state index is 13.0. The molecular formula is C25H35N3O3. The van der Waals surface area contributed by atoms with Crippen molar-refractivity contribution in [2.75, 3.05) is 54.0 Å². The van der Waals surface area contributed by atoms with Gasteiger partial charge in [-0.1, -0.05) is 36.4 Å². The van der Waals surface area contributed by atoms with E-state index in [4.69, 9.17) is 9.47 Å². The molecule has 0 bridgehead atoms. The van der Waals surface area contributed by atoms with E-state index in [0.29, 0.717) is 0 Å². The smallest absolute Gasteiger partial charge is 0.239 e. The fourth-order valence-electron chi connectivity index (χ4n) is 3.96. The lowest BCUT2D eigenvalue weighted by molar-refractivity contribution is -0.137. The van der Waals surface area contributed by atoms with Gasteiger partial charge in [0.15, 0.2) is 11.5 Å². The minimum absolute atomic E-state index is 0.138. The van der Waals surface area contributed by atoms with Crippen molar-refractivity contribution in [3.8, 4) is 11.5 Å². The number of benzene rings is 2. The number of piperazine rings is 1. The van der Waals surface area contributed by atoms with E-state index in [1.54, 1.807) is 14.2 Å². The van der Waals surface area contributed by atoms with Gasteiger partial charge in [0.25, 0.3) is 0 Å². The Balaban J connectivity index is 1.46. The van der Waals surface area contributed by atoms with Crippen LogP contribution in [0, 0.1) is 0 Å². The Morgan fingerprint density at radius 2 is 1.65 bits per heavy atom. The Kier molecular flexibility index (Phi) is 8.32. The van der Waals surface area contributed by atoms with E-state index < -0.39 is 0 Å². The predicted octanol–water partition coefficient (Wildman–Crippen LogP) is 2.91. The number of ether oxygens (including phenoxy) is 2. The highest BCUT2D eigenvalue weighted by atomic mass is 16.5. The van der Waals surface area contributed by atoms with Gasteiger partial charge in [0.05, 0.1) is 20.3 Å². The molecule has 3 rings (SSSR count). The third-order valence-corrected chi connectivity index (χ3v) is 6.15. The second-order valence-corrected chi connectivity index (χ2v) is 8.18. The summed E-state index contributed by atoms with van der Waals surface area (Å²) in [5.74, 6) is 1.68. The summed E-state index contributed by atoms with van der Waals surface area (Å²) in [5, 5.41) is 0. The molecule has 1 unspecified atom stereocenters. The molecule has 31 heavy (non-hydrogen) atoms. The molecule has 6 heteroatoms. The molecule has 0 spiro atoms. The van der Waals surface area contributed by atoms with Crippen LogP contribution in [0.5, 0.6) is 11.5 Å². The van der Waals surface area contributed by atoms with Gasteiger partial charge in [0, 0.05) is 39.3 Å². The third-order valence-electron chi connectivity index (χ3n) is 6.15. The number of rotatable bonds is 9. The predicted molar refractivity (Wildman–Crippen MR) is 124 cm³/mol. The van der Waals surface area contributed by atoms with Crippen LogP contribution in [0.25, 0.3) is 0 Å². The van der Waals surface area contributed by atoms with Crippen molar-refractivity contribution in [3.63, 3.8) is 0 Å². The number of methoxy groups -OCH3 is 2. The monoisotopic (exact) mass is 425 g/mol. The highest BCUT2D eigenvalue weighted by molar-refractivity contribution is 5.81. The van der Waals surface area contributed by atoms with Crippen molar-refractivity contribution in [1.29, 1.82) is 0 Å². The number of likely N-dealkylation sites (N-methyl/N-ethyl adjacent to an activating group) is 1. The molecule has 0 saturated carbocycles. The lowest BCUT2D eigenvalue weighted by atomic mass is 10.1. The Bertz CT molecular complexity index is 835. The first-order valence-corrected chi connectivity index (χ1v) is 11.0. The van der Waals surface area contributed by atoms with Crippen LogP contribution in [-0.2, 0) is 17.8 Å². The molecule has 0 N–H and O–H groups in total. The van der Waals surface area contributed by atoms with Crippen molar-refractivity contribution >= 4 is 5.91 Å². The Morgan fingerprint density at radius 1 is 0.968 bits per heavy atom. The van der Waals surface area contributed by atoms with E-state index in [0.717, 1.165) is 57.2 Å². The summed E-state index contributed by atoms with van der Waals surface area (Å²) in [6.07, 6.45) is 0.847. The molecule has 2 aromatic rings. The van der Waals surface area contributed by atoms with E-state index >= 15 is 0 Å². The topological polar surface area (TPSA) is 45.2 Å². The number of carbonyl (C=O) groups excluding carboxylic acids is 1. The largest absolute Gasteiger partial charge is 0.493 e. The van der Waals surface area contributed by atoms with Crippen molar-refractivity contribution in [3.05, 3.63) is 59.7 Å². The van der Waals surface area contributed by atoms with Gasteiger partial charge in [0.2, 0.25) is 5.91 Å². The molecule has 1 heterocycles. The van der Waals surface area contributed by atoms with Gasteiger partial charge >= 0.3 is 0 Å². The van der Waals surface area contributed by atoms with E-state index in [1.165, 1.54) is 11.1 Å².